The zero-order chi connectivity index (χ0) is 21.2. The fourth-order valence-electron chi connectivity index (χ4n) is 3.76. The number of carboxylic acids is 1. The lowest BCUT2D eigenvalue weighted by molar-refractivity contribution is -0.136. The van der Waals surface area contributed by atoms with E-state index in [1.165, 1.54) is 24.3 Å². The minimum Gasteiger partial charge on any atom is -0.481 e. The molecule has 0 fully saturated rings. The van der Waals surface area contributed by atoms with Crippen LogP contribution in [0.3, 0.4) is 0 Å². The van der Waals surface area contributed by atoms with Gasteiger partial charge >= 0.3 is 5.97 Å². The predicted octanol–water partition coefficient (Wildman–Crippen LogP) is 3.10. The maximum atomic E-state index is 13.8. The Morgan fingerprint density at radius 1 is 1.14 bits per heavy atom. The van der Waals surface area contributed by atoms with Gasteiger partial charge in [0.25, 0.3) is 0 Å². The van der Waals surface area contributed by atoms with Gasteiger partial charge in [0.15, 0.2) is 0 Å². The first-order valence-electron chi connectivity index (χ1n) is 9.22. The summed E-state index contributed by atoms with van der Waals surface area (Å²) in [6.07, 6.45) is 0.354. The van der Waals surface area contributed by atoms with Crippen molar-refractivity contribution in [2.45, 2.75) is 36.6 Å². The first kappa shape index (κ1) is 21.2. The molecular weight excluding hydrogens is 402 g/mol. The highest BCUT2D eigenvalue weighted by Crippen LogP contribution is 2.42. The molecule has 0 spiro atoms. The number of hydrogen-bond acceptors (Lipinski definition) is 4. The molecule has 1 aliphatic rings. The van der Waals surface area contributed by atoms with Crippen molar-refractivity contribution in [3.63, 3.8) is 0 Å². The highest BCUT2D eigenvalue weighted by molar-refractivity contribution is 7.89. The third-order valence-corrected chi connectivity index (χ3v) is 6.69. The standard InChI is InChI=1S/C20H22F2N2O4S/c1-13-17(8-10-23-29(27,28)16-5-2-14(21)3-6-16)18-12-15(22)4-7-19(18)24(13)11-9-20(25)26/h2-7,12-13,17,23H,8-11H2,1H3,(H,25,26). The van der Waals surface area contributed by atoms with E-state index in [0.717, 1.165) is 23.4 Å². The SMILES string of the molecule is CC1C(CCNS(=O)(=O)c2ccc(F)cc2)c2cc(F)ccc2N1CCC(=O)O. The van der Waals surface area contributed by atoms with Gasteiger partial charge in [-0.05, 0) is 61.4 Å². The van der Waals surface area contributed by atoms with Crippen LogP contribution in [0, 0.1) is 11.6 Å². The molecule has 6 nitrogen and oxygen atoms in total. The molecule has 0 amide bonds. The van der Waals surface area contributed by atoms with Crippen molar-refractivity contribution in [1.82, 2.24) is 4.72 Å². The van der Waals surface area contributed by atoms with Crippen molar-refractivity contribution in [2.75, 3.05) is 18.0 Å². The van der Waals surface area contributed by atoms with Crippen LogP contribution in [0.5, 0.6) is 0 Å². The molecule has 0 saturated carbocycles. The first-order valence-corrected chi connectivity index (χ1v) is 10.7. The van der Waals surface area contributed by atoms with Crippen LogP contribution in [0.4, 0.5) is 14.5 Å². The molecule has 1 heterocycles. The van der Waals surface area contributed by atoms with Gasteiger partial charge < -0.3 is 10.0 Å². The third kappa shape index (κ3) is 4.73. The average molecular weight is 424 g/mol. The zero-order valence-electron chi connectivity index (χ0n) is 15.8. The van der Waals surface area contributed by atoms with E-state index in [1.54, 1.807) is 6.07 Å². The Morgan fingerprint density at radius 3 is 2.45 bits per heavy atom. The molecule has 156 valence electrons. The van der Waals surface area contributed by atoms with E-state index in [-0.39, 0.29) is 36.4 Å². The molecule has 2 N–H and O–H groups in total. The molecule has 9 heteroatoms. The van der Waals surface area contributed by atoms with Crippen molar-refractivity contribution >= 4 is 21.7 Å². The van der Waals surface area contributed by atoms with Gasteiger partial charge in [-0.15, -0.1) is 0 Å². The lowest BCUT2D eigenvalue weighted by Gasteiger charge is -2.27. The second kappa shape index (κ2) is 8.46. The first-order chi connectivity index (χ1) is 13.7. The quantitative estimate of drug-likeness (QED) is 0.680. The van der Waals surface area contributed by atoms with E-state index in [9.17, 15) is 22.0 Å². The lowest BCUT2D eigenvalue weighted by atomic mass is 9.92. The number of halogens is 2. The fraction of sp³-hybridized carbons (Fsp3) is 0.350. The van der Waals surface area contributed by atoms with E-state index >= 15 is 0 Å². The van der Waals surface area contributed by atoms with Gasteiger partial charge in [0, 0.05) is 30.7 Å². The smallest absolute Gasteiger partial charge is 0.305 e. The Hall–Kier alpha value is -2.52. The van der Waals surface area contributed by atoms with Crippen LogP contribution in [0.1, 0.15) is 31.2 Å². The van der Waals surface area contributed by atoms with Gasteiger partial charge in [-0.2, -0.15) is 0 Å². The minimum absolute atomic E-state index is 0.0344. The molecule has 2 unspecified atom stereocenters. The van der Waals surface area contributed by atoms with Crippen LogP contribution in [0.25, 0.3) is 0 Å². The van der Waals surface area contributed by atoms with Gasteiger partial charge in [0.05, 0.1) is 11.3 Å². The molecule has 0 aliphatic carbocycles. The summed E-state index contributed by atoms with van der Waals surface area (Å²) in [5.74, 6) is -2.00. The Balaban J connectivity index is 1.72. The van der Waals surface area contributed by atoms with Crippen molar-refractivity contribution in [3.8, 4) is 0 Å². The number of aliphatic carboxylic acids is 1. The van der Waals surface area contributed by atoms with Gasteiger partial charge in [0.2, 0.25) is 10.0 Å². The van der Waals surface area contributed by atoms with Gasteiger partial charge in [-0.25, -0.2) is 21.9 Å². The summed E-state index contributed by atoms with van der Waals surface area (Å²) in [5, 5.41) is 8.99. The molecule has 0 bridgehead atoms. The van der Waals surface area contributed by atoms with Crippen molar-refractivity contribution in [1.29, 1.82) is 0 Å². The highest BCUT2D eigenvalue weighted by atomic mass is 32.2. The number of hydrogen-bond donors (Lipinski definition) is 2. The largest absolute Gasteiger partial charge is 0.481 e. The Morgan fingerprint density at radius 2 is 1.79 bits per heavy atom. The summed E-state index contributed by atoms with van der Waals surface area (Å²) in [6, 6.07) is 8.81. The second-order valence-corrected chi connectivity index (χ2v) is 8.79. The number of carboxylic acid groups (broad SMARTS) is 1. The Bertz CT molecular complexity index is 996. The number of benzene rings is 2. The molecule has 2 aromatic rings. The molecule has 1 aliphatic heterocycles. The van der Waals surface area contributed by atoms with E-state index in [4.69, 9.17) is 5.11 Å². The molecule has 0 radical (unpaired) electrons. The summed E-state index contributed by atoms with van der Waals surface area (Å²) >= 11 is 0. The third-order valence-electron chi connectivity index (χ3n) is 5.21. The molecule has 3 rings (SSSR count). The number of carbonyl (C=O) groups is 1. The van der Waals surface area contributed by atoms with E-state index < -0.39 is 27.6 Å². The van der Waals surface area contributed by atoms with Crippen molar-refractivity contribution in [3.05, 3.63) is 59.7 Å². The Labute approximate surface area is 168 Å². The average Bonchev–Trinajstić information content (AvgIpc) is 2.91. The van der Waals surface area contributed by atoms with Crippen LogP contribution in [0.2, 0.25) is 0 Å². The van der Waals surface area contributed by atoms with Crippen LogP contribution in [-0.4, -0.2) is 38.6 Å². The zero-order valence-corrected chi connectivity index (χ0v) is 16.6. The summed E-state index contributed by atoms with van der Waals surface area (Å²) in [4.78, 5) is 12.8. The monoisotopic (exact) mass is 424 g/mol. The molecule has 0 saturated heterocycles. The van der Waals surface area contributed by atoms with E-state index in [2.05, 4.69) is 4.72 Å². The Kier molecular flexibility index (Phi) is 6.18. The highest BCUT2D eigenvalue weighted by Gasteiger charge is 2.35. The number of sulfonamides is 1. The summed E-state index contributed by atoms with van der Waals surface area (Å²) in [7, 11) is -3.79. The van der Waals surface area contributed by atoms with Crippen LogP contribution < -0.4 is 9.62 Å². The summed E-state index contributed by atoms with van der Waals surface area (Å²) < 4.78 is 54.1. The molecule has 2 aromatic carbocycles. The number of nitrogens with one attached hydrogen (secondary N) is 1. The van der Waals surface area contributed by atoms with E-state index in [0.29, 0.717) is 6.42 Å². The van der Waals surface area contributed by atoms with Crippen LogP contribution in [0.15, 0.2) is 47.4 Å². The summed E-state index contributed by atoms with van der Waals surface area (Å²) in [6.45, 7) is 2.31. The second-order valence-electron chi connectivity index (χ2n) is 7.03. The fourth-order valence-corrected chi connectivity index (χ4v) is 4.81. The van der Waals surface area contributed by atoms with Crippen molar-refractivity contribution in [2.24, 2.45) is 0 Å². The van der Waals surface area contributed by atoms with E-state index in [1.807, 2.05) is 11.8 Å². The lowest BCUT2D eigenvalue weighted by Crippen LogP contribution is -2.34. The van der Waals surface area contributed by atoms with Crippen LogP contribution in [-0.2, 0) is 14.8 Å². The van der Waals surface area contributed by atoms with Crippen molar-refractivity contribution < 1.29 is 27.1 Å². The maximum Gasteiger partial charge on any atom is 0.305 e. The number of nitrogens with zero attached hydrogens (tertiary/aromatic N) is 1. The minimum atomic E-state index is -3.79. The molecular formula is C20H22F2N2O4S. The van der Waals surface area contributed by atoms with Gasteiger partial charge in [0.1, 0.15) is 11.6 Å². The topological polar surface area (TPSA) is 86.7 Å². The summed E-state index contributed by atoms with van der Waals surface area (Å²) in [5.41, 5.74) is 1.51. The van der Waals surface area contributed by atoms with Gasteiger partial charge in [-0.1, -0.05) is 0 Å². The normalized spacial score (nSPS) is 18.7. The number of fused-ring (bicyclic) bond motifs is 1. The van der Waals surface area contributed by atoms with Crippen LogP contribution >= 0.6 is 0 Å². The number of rotatable bonds is 8. The predicted molar refractivity (Wildman–Crippen MR) is 104 cm³/mol. The molecule has 2 atom stereocenters. The molecule has 0 aromatic heterocycles. The number of anilines is 1. The van der Waals surface area contributed by atoms with Gasteiger partial charge in [-0.3, -0.25) is 4.79 Å². The maximum absolute atomic E-state index is 13.8. The molecule has 29 heavy (non-hydrogen) atoms.